The minimum atomic E-state index is -0.571. The Morgan fingerprint density at radius 1 is 1.19 bits per heavy atom. The molecule has 1 aliphatic carbocycles. The first-order valence-corrected chi connectivity index (χ1v) is 9.82. The van der Waals surface area contributed by atoms with Crippen LogP contribution in [-0.4, -0.2) is 40.9 Å². The van der Waals surface area contributed by atoms with E-state index in [2.05, 4.69) is 4.98 Å². The van der Waals surface area contributed by atoms with Crippen molar-refractivity contribution in [1.29, 1.82) is 0 Å². The molecule has 1 unspecified atom stereocenters. The molecule has 2 aliphatic rings. The minimum Gasteiger partial charge on any atom is -0.488 e. The molecule has 1 aromatic rings. The maximum Gasteiger partial charge on any atom is 0.267 e. The van der Waals surface area contributed by atoms with Crippen LogP contribution in [0.2, 0.25) is 0 Å². The summed E-state index contributed by atoms with van der Waals surface area (Å²) in [6.45, 7) is 1.42. The largest absolute Gasteiger partial charge is 0.488 e. The number of carbonyl (C=O) groups excluding carboxylic acids is 2. The second-order valence-corrected chi connectivity index (χ2v) is 7.51. The molecule has 142 valence electrons. The van der Waals surface area contributed by atoms with Gasteiger partial charge in [-0.2, -0.15) is 0 Å². The summed E-state index contributed by atoms with van der Waals surface area (Å²) in [4.78, 5) is 29.7. The highest BCUT2D eigenvalue weighted by Crippen LogP contribution is 2.28. The zero-order valence-electron chi connectivity index (χ0n) is 15.4. The van der Waals surface area contributed by atoms with E-state index in [9.17, 15) is 9.59 Å². The van der Waals surface area contributed by atoms with Crippen molar-refractivity contribution in [2.75, 3.05) is 13.1 Å². The predicted octanol–water partition coefficient (Wildman–Crippen LogP) is 2.91. The Hall–Kier alpha value is -2.11. The molecule has 1 aromatic heterocycles. The molecule has 1 saturated heterocycles. The van der Waals surface area contributed by atoms with Crippen LogP contribution < -0.4 is 10.5 Å². The summed E-state index contributed by atoms with van der Waals surface area (Å²) < 4.78 is 5.98. The van der Waals surface area contributed by atoms with Crippen molar-refractivity contribution in [2.45, 2.75) is 63.9 Å². The molecule has 6 nitrogen and oxygen atoms in total. The van der Waals surface area contributed by atoms with Crippen molar-refractivity contribution in [3.63, 3.8) is 0 Å². The Balaban J connectivity index is 1.49. The fourth-order valence-electron chi connectivity index (χ4n) is 4.03. The summed E-state index contributed by atoms with van der Waals surface area (Å²) >= 11 is 0. The van der Waals surface area contributed by atoms with Gasteiger partial charge in [0.15, 0.2) is 0 Å². The van der Waals surface area contributed by atoms with Crippen LogP contribution in [0, 0.1) is 5.92 Å². The summed E-state index contributed by atoms with van der Waals surface area (Å²) in [7, 11) is 0. The summed E-state index contributed by atoms with van der Waals surface area (Å²) in [6.07, 6.45) is 11.5. The van der Waals surface area contributed by atoms with Crippen molar-refractivity contribution in [3.05, 3.63) is 24.0 Å². The maximum atomic E-state index is 12.6. The van der Waals surface area contributed by atoms with Crippen molar-refractivity contribution in [2.24, 2.45) is 11.7 Å². The lowest BCUT2D eigenvalue weighted by Crippen LogP contribution is -2.44. The molecule has 0 aromatic carbocycles. The van der Waals surface area contributed by atoms with Gasteiger partial charge in [0, 0.05) is 25.2 Å². The standard InChI is InChI=1S/C20H29N3O3/c21-20(25)18-13-16(10-11-22-18)26-17-7-4-12-23(14-17)19(24)9-8-15-5-2-1-3-6-15/h10-11,13,15,17H,1-9,12,14H2,(H2,21,25). The zero-order chi connectivity index (χ0) is 18.4. The lowest BCUT2D eigenvalue weighted by Gasteiger charge is -2.33. The lowest BCUT2D eigenvalue weighted by atomic mass is 9.86. The van der Waals surface area contributed by atoms with Crippen LogP contribution in [0.15, 0.2) is 18.3 Å². The molecule has 3 rings (SSSR count). The van der Waals surface area contributed by atoms with Gasteiger partial charge in [-0.25, -0.2) is 0 Å². The van der Waals surface area contributed by atoms with Gasteiger partial charge in [-0.1, -0.05) is 32.1 Å². The SMILES string of the molecule is NC(=O)c1cc(OC2CCCN(C(=O)CCC3CCCCC3)C2)ccn1. The van der Waals surface area contributed by atoms with Gasteiger partial charge in [-0.15, -0.1) is 0 Å². The molecule has 6 heteroatoms. The molecule has 2 fully saturated rings. The number of likely N-dealkylation sites (tertiary alicyclic amines) is 1. The first-order chi connectivity index (χ1) is 12.6. The van der Waals surface area contributed by atoms with Crippen LogP contribution in [0.1, 0.15) is 68.3 Å². The number of carbonyl (C=O) groups is 2. The number of amides is 2. The summed E-state index contributed by atoms with van der Waals surface area (Å²) in [5, 5.41) is 0. The Morgan fingerprint density at radius 3 is 2.77 bits per heavy atom. The molecule has 2 heterocycles. The minimum absolute atomic E-state index is 0.0505. The monoisotopic (exact) mass is 359 g/mol. The summed E-state index contributed by atoms with van der Waals surface area (Å²) in [5.41, 5.74) is 5.46. The van der Waals surface area contributed by atoms with Gasteiger partial charge in [0.1, 0.15) is 17.5 Å². The van der Waals surface area contributed by atoms with Crippen molar-refractivity contribution >= 4 is 11.8 Å². The number of nitrogens with zero attached hydrogens (tertiary/aromatic N) is 2. The van der Waals surface area contributed by atoms with Gasteiger partial charge < -0.3 is 15.4 Å². The van der Waals surface area contributed by atoms with Gasteiger partial charge in [0.05, 0.1) is 6.54 Å². The lowest BCUT2D eigenvalue weighted by molar-refractivity contribution is -0.134. The Labute approximate surface area is 155 Å². The quantitative estimate of drug-likeness (QED) is 0.846. The topological polar surface area (TPSA) is 85.5 Å². The Morgan fingerprint density at radius 2 is 2.00 bits per heavy atom. The highest BCUT2D eigenvalue weighted by Gasteiger charge is 2.25. The number of nitrogens with two attached hydrogens (primary N) is 1. The number of piperidine rings is 1. The maximum absolute atomic E-state index is 12.6. The van der Waals surface area contributed by atoms with Crippen LogP contribution in [0.4, 0.5) is 0 Å². The van der Waals surface area contributed by atoms with Crippen molar-refractivity contribution in [3.8, 4) is 5.75 Å². The smallest absolute Gasteiger partial charge is 0.267 e. The van der Waals surface area contributed by atoms with Gasteiger partial charge in [0.2, 0.25) is 5.91 Å². The fraction of sp³-hybridized carbons (Fsp3) is 0.650. The molecule has 1 saturated carbocycles. The summed E-state index contributed by atoms with van der Waals surface area (Å²) in [5.74, 6) is 0.985. The number of primary amides is 1. The van der Waals surface area contributed by atoms with E-state index >= 15 is 0 Å². The third-order valence-corrected chi connectivity index (χ3v) is 5.51. The number of hydrogen-bond donors (Lipinski definition) is 1. The van der Waals surface area contributed by atoms with Gasteiger partial charge in [0.25, 0.3) is 5.91 Å². The normalized spacial score (nSPS) is 21.4. The van der Waals surface area contributed by atoms with E-state index in [0.29, 0.717) is 18.7 Å². The highest BCUT2D eigenvalue weighted by atomic mass is 16.5. The predicted molar refractivity (Wildman–Crippen MR) is 98.8 cm³/mol. The molecular formula is C20H29N3O3. The second kappa shape index (κ2) is 9.01. The van der Waals surface area contributed by atoms with Crippen LogP contribution in [0.3, 0.4) is 0 Å². The molecule has 0 spiro atoms. The van der Waals surface area contributed by atoms with E-state index in [1.54, 1.807) is 12.1 Å². The van der Waals surface area contributed by atoms with Crippen LogP contribution in [-0.2, 0) is 4.79 Å². The number of pyridine rings is 1. The first kappa shape index (κ1) is 18.7. The zero-order valence-corrected chi connectivity index (χ0v) is 15.4. The van der Waals surface area contributed by atoms with E-state index in [-0.39, 0.29) is 17.7 Å². The van der Waals surface area contributed by atoms with Crippen molar-refractivity contribution in [1.82, 2.24) is 9.88 Å². The molecule has 2 amide bonds. The van der Waals surface area contributed by atoms with Crippen LogP contribution >= 0.6 is 0 Å². The fourth-order valence-corrected chi connectivity index (χ4v) is 4.03. The highest BCUT2D eigenvalue weighted by molar-refractivity contribution is 5.91. The Bertz CT molecular complexity index is 628. The number of rotatable bonds is 6. The molecule has 2 N–H and O–H groups in total. The molecule has 1 aliphatic heterocycles. The number of aromatic nitrogens is 1. The molecule has 1 atom stereocenters. The average molecular weight is 359 g/mol. The van der Waals surface area contributed by atoms with E-state index in [4.69, 9.17) is 10.5 Å². The van der Waals surface area contributed by atoms with E-state index in [1.807, 2.05) is 4.90 Å². The van der Waals surface area contributed by atoms with Gasteiger partial charge >= 0.3 is 0 Å². The first-order valence-electron chi connectivity index (χ1n) is 9.82. The molecule has 0 radical (unpaired) electrons. The van der Waals surface area contributed by atoms with E-state index in [1.165, 1.54) is 38.3 Å². The van der Waals surface area contributed by atoms with Crippen LogP contribution in [0.5, 0.6) is 5.75 Å². The third-order valence-electron chi connectivity index (χ3n) is 5.51. The second-order valence-electron chi connectivity index (χ2n) is 7.51. The van der Waals surface area contributed by atoms with Gasteiger partial charge in [-0.05, 0) is 31.2 Å². The van der Waals surface area contributed by atoms with Crippen LogP contribution in [0.25, 0.3) is 0 Å². The Kier molecular flexibility index (Phi) is 6.47. The van der Waals surface area contributed by atoms with Gasteiger partial charge in [-0.3, -0.25) is 14.6 Å². The molecule has 0 bridgehead atoms. The number of ether oxygens (including phenoxy) is 1. The van der Waals surface area contributed by atoms with E-state index < -0.39 is 5.91 Å². The average Bonchev–Trinajstić information content (AvgIpc) is 2.67. The summed E-state index contributed by atoms with van der Waals surface area (Å²) in [6, 6.07) is 3.28. The number of hydrogen-bond acceptors (Lipinski definition) is 4. The molecular weight excluding hydrogens is 330 g/mol. The molecule has 26 heavy (non-hydrogen) atoms. The van der Waals surface area contributed by atoms with Crippen molar-refractivity contribution < 1.29 is 14.3 Å². The third kappa shape index (κ3) is 5.19. The van der Waals surface area contributed by atoms with E-state index in [0.717, 1.165) is 31.7 Å².